The maximum Gasteiger partial charge on any atom is 0.303 e. The summed E-state index contributed by atoms with van der Waals surface area (Å²) >= 11 is 5.98. The monoisotopic (exact) mass is 302 g/mol. The maximum atomic E-state index is 10.8. The highest BCUT2D eigenvalue weighted by Gasteiger charge is 2.28. The fourth-order valence-corrected chi connectivity index (χ4v) is 2.80. The van der Waals surface area contributed by atoms with Gasteiger partial charge in [0, 0.05) is 16.9 Å². The van der Waals surface area contributed by atoms with Crippen LogP contribution in [0, 0.1) is 0 Å². The van der Waals surface area contributed by atoms with Crippen molar-refractivity contribution in [1.82, 2.24) is 0 Å². The van der Waals surface area contributed by atoms with Gasteiger partial charge in [0.2, 0.25) is 0 Å². The first-order chi connectivity index (χ1) is 10.0. The van der Waals surface area contributed by atoms with Crippen LogP contribution in [-0.4, -0.2) is 11.1 Å². The number of aliphatic carboxylic acids is 1. The van der Waals surface area contributed by atoms with E-state index < -0.39 is 5.97 Å². The van der Waals surface area contributed by atoms with Gasteiger partial charge in [0.15, 0.2) is 0 Å². The minimum atomic E-state index is -0.749. The third-order valence-corrected chi connectivity index (χ3v) is 4.21. The predicted octanol–water partition coefficient (Wildman–Crippen LogP) is 4.90. The lowest BCUT2D eigenvalue weighted by atomic mass is 9.73. The Morgan fingerprint density at radius 3 is 2.19 bits per heavy atom. The minimum Gasteiger partial charge on any atom is -0.481 e. The number of carboxylic acid groups (broad SMARTS) is 1. The number of hydrogen-bond donors (Lipinski definition) is 1. The summed E-state index contributed by atoms with van der Waals surface area (Å²) in [6.45, 7) is 2.16. The van der Waals surface area contributed by atoms with Crippen LogP contribution in [0.3, 0.4) is 0 Å². The molecule has 0 heterocycles. The summed E-state index contributed by atoms with van der Waals surface area (Å²) in [5, 5.41) is 9.58. The number of halogens is 1. The lowest BCUT2D eigenvalue weighted by Gasteiger charge is -2.31. The van der Waals surface area contributed by atoms with Crippen molar-refractivity contribution in [2.75, 3.05) is 0 Å². The quantitative estimate of drug-likeness (QED) is 0.824. The molecule has 1 N–H and O–H groups in total. The Bertz CT molecular complexity index is 592. The third-order valence-electron chi connectivity index (χ3n) is 3.96. The van der Waals surface area contributed by atoms with E-state index in [0.29, 0.717) is 11.4 Å². The van der Waals surface area contributed by atoms with Gasteiger partial charge >= 0.3 is 5.97 Å². The molecular weight excluding hydrogens is 284 g/mol. The molecule has 0 saturated heterocycles. The Labute approximate surface area is 130 Å². The van der Waals surface area contributed by atoms with Gasteiger partial charge in [0.1, 0.15) is 0 Å². The molecule has 0 radical (unpaired) electrons. The summed E-state index contributed by atoms with van der Waals surface area (Å²) in [6, 6.07) is 18.0. The van der Waals surface area contributed by atoms with Crippen LogP contribution in [0.1, 0.15) is 37.3 Å². The van der Waals surface area contributed by atoms with E-state index in [4.69, 9.17) is 16.7 Å². The van der Waals surface area contributed by atoms with Crippen LogP contribution in [-0.2, 0) is 10.2 Å². The van der Waals surface area contributed by atoms with Crippen molar-refractivity contribution in [2.24, 2.45) is 0 Å². The summed E-state index contributed by atoms with van der Waals surface area (Å²) in [4.78, 5) is 10.8. The Kier molecular flexibility index (Phi) is 5.03. The number of rotatable bonds is 6. The third kappa shape index (κ3) is 3.85. The number of benzene rings is 2. The van der Waals surface area contributed by atoms with Crippen LogP contribution in [0.15, 0.2) is 54.6 Å². The number of carbonyl (C=O) groups is 1. The molecule has 0 aliphatic carbocycles. The molecule has 0 aromatic heterocycles. The molecule has 2 aromatic rings. The highest BCUT2D eigenvalue weighted by molar-refractivity contribution is 6.30. The smallest absolute Gasteiger partial charge is 0.303 e. The van der Waals surface area contributed by atoms with E-state index in [-0.39, 0.29) is 11.8 Å². The predicted molar refractivity (Wildman–Crippen MR) is 85.8 cm³/mol. The SMILES string of the molecule is CC(CCCC(=O)O)(c1ccccc1)c1ccc(Cl)cc1. The molecule has 1 atom stereocenters. The molecule has 0 saturated carbocycles. The van der Waals surface area contributed by atoms with Crippen molar-refractivity contribution < 1.29 is 9.90 Å². The lowest BCUT2D eigenvalue weighted by Crippen LogP contribution is -2.24. The highest BCUT2D eigenvalue weighted by atomic mass is 35.5. The van der Waals surface area contributed by atoms with Gasteiger partial charge in [-0.2, -0.15) is 0 Å². The zero-order chi connectivity index (χ0) is 15.3. The molecule has 21 heavy (non-hydrogen) atoms. The molecule has 0 bridgehead atoms. The molecule has 0 fully saturated rings. The van der Waals surface area contributed by atoms with Gasteiger partial charge in [-0.05, 0) is 36.1 Å². The largest absolute Gasteiger partial charge is 0.481 e. The number of hydrogen-bond acceptors (Lipinski definition) is 1. The first kappa shape index (κ1) is 15.6. The van der Waals surface area contributed by atoms with Gasteiger partial charge in [-0.15, -0.1) is 0 Å². The van der Waals surface area contributed by atoms with Crippen molar-refractivity contribution in [2.45, 2.75) is 31.6 Å². The van der Waals surface area contributed by atoms with Crippen molar-refractivity contribution in [1.29, 1.82) is 0 Å². The normalized spacial score (nSPS) is 13.6. The second-order valence-corrected chi connectivity index (χ2v) is 5.89. The first-order valence-corrected chi connectivity index (χ1v) is 7.43. The molecule has 0 aliphatic rings. The van der Waals surface area contributed by atoms with Gasteiger partial charge in [-0.1, -0.05) is 61.0 Å². The molecule has 0 spiro atoms. The summed E-state index contributed by atoms with van der Waals surface area (Å²) < 4.78 is 0. The maximum absolute atomic E-state index is 10.8. The standard InChI is InChI=1S/C18H19ClO2/c1-18(13-5-8-17(20)21,14-6-3-2-4-7-14)15-9-11-16(19)12-10-15/h2-4,6-7,9-12H,5,8,13H2,1H3,(H,20,21). The molecule has 2 aromatic carbocycles. The molecule has 110 valence electrons. The summed E-state index contributed by atoms with van der Waals surface area (Å²) in [5.74, 6) is -0.749. The lowest BCUT2D eigenvalue weighted by molar-refractivity contribution is -0.137. The van der Waals surface area contributed by atoms with Crippen LogP contribution < -0.4 is 0 Å². The van der Waals surface area contributed by atoms with Crippen LogP contribution >= 0.6 is 11.6 Å². The van der Waals surface area contributed by atoms with Crippen LogP contribution in [0.25, 0.3) is 0 Å². The Morgan fingerprint density at radius 1 is 1.05 bits per heavy atom. The molecule has 2 rings (SSSR count). The summed E-state index contributed by atoms with van der Waals surface area (Å²) in [6.07, 6.45) is 1.62. The minimum absolute atomic E-state index is 0.190. The number of carboxylic acids is 1. The average Bonchev–Trinajstić information content (AvgIpc) is 2.48. The van der Waals surface area contributed by atoms with E-state index in [1.807, 2.05) is 42.5 Å². The van der Waals surface area contributed by atoms with Gasteiger partial charge in [-0.25, -0.2) is 0 Å². The van der Waals surface area contributed by atoms with E-state index >= 15 is 0 Å². The molecule has 0 amide bonds. The molecule has 0 aliphatic heterocycles. The fourth-order valence-electron chi connectivity index (χ4n) is 2.67. The van der Waals surface area contributed by atoms with E-state index in [0.717, 1.165) is 12.0 Å². The molecule has 1 unspecified atom stereocenters. The Balaban J connectivity index is 2.33. The molecule has 3 heteroatoms. The van der Waals surface area contributed by atoms with Crippen molar-refractivity contribution >= 4 is 17.6 Å². The van der Waals surface area contributed by atoms with Gasteiger partial charge in [-0.3, -0.25) is 4.79 Å². The fraction of sp³-hybridized carbons (Fsp3) is 0.278. The van der Waals surface area contributed by atoms with E-state index in [1.54, 1.807) is 0 Å². The van der Waals surface area contributed by atoms with E-state index in [1.165, 1.54) is 5.56 Å². The average molecular weight is 303 g/mol. The van der Waals surface area contributed by atoms with Gasteiger partial charge in [0.25, 0.3) is 0 Å². The van der Waals surface area contributed by atoms with Crippen LogP contribution in [0.5, 0.6) is 0 Å². The van der Waals surface area contributed by atoms with Crippen LogP contribution in [0.4, 0.5) is 0 Å². The van der Waals surface area contributed by atoms with E-state index in [9.17, 15) is 4.79 Å². The second-order valence-electron chi connectivity index (χ2n) is 5.45. The summed E-state index contributed by atoms with van der Waals surface area (Å²) in [7, 11) is 0. The van der Waals surface area contributed by atoms with E-state index in [2.05, 4.69) is 19.1 Å². The van der Waals surface area contributed by atoms with Crippen LogP contribution in [0.2, 0.25) is 5.02 Å². The van der Waals surface area contributed by atoms with Crippen molar-refractivity contribution in [3.8, 4) is 0 Å². The summed E-state index contributed by atoms with van der Waals surface area (Å²) in [5.41, 5.74) is 2.14. The molecular formula is C18H19ClO2. The highest BCUT2D eigenvalue weighted by Crippen LogP contribution is 2.37. The van der Waals surface area contributed by atoms with Crippen molar-refractivity contribution in [3.05, 3.63) is 70.7 Å². The van der Waals surface area contributed by atoms with Gasteiger partial charge < -0.3 is 5.11 Å². The zero-order valence-electron chi connectivity index (χ0n) is 12.1. The molecule has 2 nitrogen and oxygen atoms in total. The van der Waals surface area contributed by atoms with Crippen molar-refractivity contribution in [3.63, 3.8) is 0 Å². The Hall–Kier alpha value is -1.80. The second kappa shape index (κ2) is 6.77. The first-order valence-electron chi connectivity index (χ1n) is 7.06. The topological polar surface area (TPSA) is 37.3 Å². The Morgan fingerprint density at radius 2 is 1.62 bits per heavy atom. The van der Waals surface area contributed by atoms with Gasteiger partial charge in [0.05, 0.1) is 0 Å². The zero-order valence-corrected chi connectivity index (χ0v) is 12.8.